The van der Waals surface area contributed by atoms with Gasteiger partial charge in [-0.15, -0.1) is 0 Å². The fraction of sp³-hybridized carbons (Fsp3) is 0.346. The lowest BCUT2D eigenvalue weighted by Gasteiger charge is -2.28. The van der Waals surface area contributed by atoms with Crippen LogP contribution in [0.4, 0.5) is 5.69 Å². The van der Waals surface area contributed by atoms with Crippen molar-refractivity contribution in [2.24, 2.45) is 0 Å². The number of carbonyl (C=O) groups is 1. The molecule has 33 heavy (non-hydrogen) atoms. The molecule has 0 radical (unpaired) electrons. The van der Waals surface area contributed by atoms with Crippen LogP contribution in [0.1, 0.15) is 61.0 Å². The molecule has 1 saturated heterocycles. The Kier molecular flexibility index (Phi) is 6.79. The second-order valence-electron chi connectivity index (χ2n) is 8.77. The van der Waals surface area contributed by atoms with Gasteiger partial charge in [-0.05, 0) is 75.8 Å². The van der Waals surface area contributed by atoms with Crippen LogP contribution in [0.25, 0.3) is 0 Å². The van der Waals surface area contributed by atoms with Crippen LogP contribution in [-0.4, -0.2) is 32.0 Å². The summed E-state index contributed by atoms with van der Waals surface area (Å²) in [4.78, 5) is 19.4. The zero-order valence-corrected chi connectivity index (χ0v) is 20.4. The molecule has 172 valence electrons. The number of rotatable bonds is 7. The van der Waals surface area contributed by atoms with Gasteiger partial charge in [0.1, 0.15) is 0 Å². The van der Waals surface area contributed by atoms with Gasteiger partial charge in [0, 0.05) is 42.3 Å². The molecule has 7 heteroatoms. The number of nitrogens with zero attached hydrogens (tertiary/aromatic N) is 3. The molecular formula is C26H31N5OS. The average molecular weight is 462 g/mol. The molecule has 2 atom stereocenters. The van der Waals surface area contributed by atoms with E-state index in [0.717, 1.165) is 11.4 Å². The topological polar surface area (TPSA) is 62.2 Å². The van der Waals surface area contributed by atoms with E-state index in [0.29, 0.717) is 24.1 Å². The van der Waals surface area contributed by atoms with Gasteiger partial charge >= 0.3 is 0 Å². The first-order chi connectivity index (χ1) is 15.9. The molecule has 3 aromatic rings. The standard InChI is InChI=1S/C26H31N5OS/c1-17(2)31-18(3)16-21(19(31)4)25-24(22-12-8-9-14-27-22)29-26(33)30(25)15-13-23(32)28-20-10-6-5-7-11-20/h5-12,14,16-17,24-25H,13,15H2,1-4H3,(H,28,32)(H,29,33). The van der Waals surface area contributed by atoms with E-state index in [4.69, 9.17) is 12.2 Å². The third kappa shape index (κ3) is 4.78. The Morgan fingerprint density at radius 3 is 2.52 bits per heavy atom. The van der Waals surface area contributed by atoms with Gasteiger partial charge in [-0.25, -0.2) is 0 Å². The number of anilines is 1. The maximum Gasteiger partial charge on any atom is 0.226 e. The lowest BCUT2D eigenvalue weighted by molar-refractivity contribution is -0.116. The molecule has 2 aromatic heterocycles. The zero-order valence-electron chi connectivity index (χ0n) is 19.6. The second-order valence-corrected chi connectivity index (χ2v) is 9.16. The highest BCUT2D eigenvalue weighted by molar-refractivity contribution is 7.80. The van der Waals surface area contributed by atoms with E-state index in [1.54, 1.807) is 0 Å². The third-order valence-corrected chi connectivity index (χ3v) is 6.55. The number of hydrogen-bond donors (Lipinski definition) is 2. The van der Waals surface area contributed by atoms with Crippen LogP contribution < -0.4 is 10.6 Å². The summed E-state index contributed by atoms with van der Waals surface area (Å²) >= 11 is 5.76. The van der Waals surface area contributed by atoms with Gasteiger partial charge in [-0.1, -0.05) is 24.3 Å². The number of benzene rings is 1. The molecule has 1 aliphatic rings. The van der Waals surface area contributed by atoms with E-state index in [1.807, 2.05) is 54.7 Å². The number of carbonyl (C=O) groups excluding carboxylic acids is 1. The monoisotopic (exact) mass is 461 g/mol. The molecule has 1 aromatic carbocycles. The van der Waals surface area contributed by atoms with E-state index < -0.39 is 0 Å². The van der Waals surface area contributed by atoms with Crippen molar-refractivity contribution in [2.45, 2.75) is 52.2 Å². The van der Waals surface area contributed by atoms with E-state index in [2.05, 4.69) is 58.8 Å². The Hall–Kier alpha value is -3.19. The van der Waals surface area contributed by atoms with Crippen LogP contribution in [0.2, 0.25) is 0 Å². The maximum atomic E-state index is 12.7. The molecule has 3 heterocycles. The summed E-state index contributed by atoms with van der Waals surface area (Å²) in [5.74, 6) is -0.0308. The normalized spacial score (nSPS) is 18.0. The maximum absolute atomic E-state index is 12.7. The highest BCUT2D eigenvalue weighted by atomic mass is 32.1. The highest BCUT2D eigenvalue weighted by Gasteiger charge is 2.41. The fourth-order valence-corrected chi connectivity index (χ4v) is 5.18. The molecule has 0 spiro atoms. The molecule has 1 amide bonds. The van der Waals surface area contributed by atoms with Crippen LogP contribution in [0.3, 0.4) is 0 Å². The number of aryl methyl sites for hydroxylation is 1. The van der Waals surface area contributed by atoms with Crippen molar-refractivity contribution in [1.29, 1.82) is 0 Å². The van der Waals surface area contributed by atoms with Crippen molar-refractivity contribution in [3.8, 4) is 0 Å². The van der Waals surface area contributed by atoms with Gasteiger partial charge in [0.2, 0.25) is 5.91 Å². The molecule has 4 rings (SSSR count). The lowest BCUT2D eigenvalue weighted by Crippen LogP contribution is -2.33. The van der Waals surface area contributed by atoms with E-state index in [-0.39, 0.29) is 18.0 Å². The number of hydrogen-bond acceptors (Lipinski definition) is 3. The van der Waals surface area contributed by atoms with Gasteiger partial charge in [0.25, 0.3) is 0 Å². The van der Waals surface area contributed by atoms with Crippen LogP contribution in [0, 0.1) is 13.8 Å². The summed E-state index contributed by atoms with van der Waals surface area (Å²) in [5, 5.41) is 7.10. The summed E-state index contributed by atoms with van der Waals surface area (Å²) < 4.78 is 2.35. The molecule has 2 N–H and O–H groups in total. The minimum absolute atomic E-state index is 0.0308. The summed E-state index contributed by atoms with van der Waals surface area (Å²) in [6.07, 6.45) is 2.15. The summed E-state index contributed by atoms with van der Waals surface area (Å²) in [5.41, 5.74) is 5.40. The lowest BCUT2D eigenvalue weighted by atomic mass is 9.96. The largest absolute Gasteiger partial charge is 0.352 e. The zero-order chi connectivity index (χ0) is 23.5. The molecule has 0 aliphatic carbocycles. The number of aromatic nitrogens is 2. The summed E-state index contributed by atoms with van der Waals surface area (Å²) in [6.45, 7) is 9.22. The van der Waals surface area contributed by atoms with Crippen molar-refractivity contribution in [2.75, 3.05) is 11.9 Å². The summed E-state index contributed by atoms with van der Waals surface area (Å²) in [7, 11) is 0. The van der Waals surface area contributed by atoms with E-state index in [9.17, 15) is 4.79 Å². The highest BCUT2D eigenvalue weighted by Crippen LogP contribution is 2.41. The number of amides is 1. The molecular weight excluding hydrogens is 430 g/mol. The van der Waals surface area contributed by atoms with Crippen molar-refractivity contribution in [3.63, 3.8) is 0 Å². The predicted octanol–water partition coefficient (Wildman–Crippen LogP) is 5.08. The van der Waals surface area contributed by atoms with Crippen molar-refractivity contribution < 1.29 is 4.79 Å². The van der Waals surface area contributed by atoms with Gasteiger partial charge < -0.3 is 20.1 Å². The van der Waals surface area contributed by atoms with Gasteiger partial charge in [-0.2, -0.15) is 0 Å². The summed E-state index contributed by atoms with van der Waals surface area (Å²) in [6, 6.07) is 18.0. The predicted molar refractivity (Wildman–Crippen MR) is 136 cm³/mol. The molecule has 1 fully saturated rings. The first-order valence-corrected chi connectivity index (χ1v) is 11.8. The smallest absolute Gasteiger partial charge is 0.226 e. The molecule has 0 bridgehead atoms. The second kappa shape index (κ2) is 9.75. The van der Waals surface area contributed by atoms with Gasteiger partial charge in [0.15, 0.2) is 5.11 Å². The molecule has 0 saturated carbocycles. The Morgan fingerprint density at radius 1 is 1.15 bits per heavy atom. The number of thiocarbonyl (C=S) groups is 1. The van der Waals surface area contributed by atoms with Crippen molar-refractivity contribution >= 4 is 28.9 Å². The van der Waals surface area contributed by atoms with Gasteiger partial charge in [0.05, 0.1) is 17.8 Å². The third-order valence-electron chi connectivity index (χ3n) is 6.19. The average Bonchev–Trinajstić information content (AvgIpc) is 3.28. The van der Waals surface area contributed by atoms with Crippen LogP contribution >= 0.6 is 12.2 Å². The molecule has 2 unspecified atom stereocenters. The van der Waals surface area contributed by atoms with Crippen molar-refractivity contribution in [3.05, 3.63) is 83.4 Å². The first-order valence-electron chi connectivity index (χ1n) is 11.4. The number of para-hydroxylation sites is 1. The van der Waals surface area contributed by atoms with Crippen LogP contribution in [0.5, 0.6) is 0 Å². The Labute approximate surface area is 201 Å². The Morgan fingerprint density at radius 2 is 1.88 bits per heavy atom. The SMILES string of the molecule is Cc1cc(C2C(c3ccccn3)NC(=S)N2CCC(=O)Nc2ccccc2)c(C)n1C(C)C. The molecule has 6 nitrogen and oxygen atoms in total. The quantitative estimate of drug-likeness (QED) is 0.481. The Balaban J connectivity index is 1.63. The molecule has 1 aliphatic heterocycles. The minimum atomic E-state index is -0.0861. The van der Waals surface area contributed by atoms with Crippen LogP contribution in [0.15, 0.2) is 60.8 Å². The first kappa shape index (κ1) is 23.0. The fourth-order valence-electron chi connectivity index (χ4n) is 4.85. The number of nitrogens with one attached hydrogen (secondary N) is 2. The number of pyridine rings is 1. The van der Waals surface area contributed by atoms with Crippen molar-refractivity contribution in [1.82, 2.24) is 19.8 Å². The van der Waals surface area contributed by atoms with Crippen LogP contribution in [-0.2, 0) is 4.79 Å². The van der Waals surface area contributed by atoms with Gasteiger partial charge in [-0.3, -0.25) is 9.78 Å². The minimum Gasteiger partial charge on any atom is -0.352 e. The van der Waals surface area contributed by atoms with E-state index >= 15 is 0 Å². The van der Waals surface area contributed by atoms with E-state index in [1.165, 1.54) is 17.0 Å². The Bertz CT molecular complexity index is 1130.